The molecule has 2 aliphatic rings. The standard InChI is InChI=1S/C24H27N3O2/c1-18-3-2-11-26(18)13-14-27-12-10-21-15-22(8-9-23(21)24(27)28)29-17-20-6-4-19(16-25)5-7-20/h4-9,15,18H,2-3,10-14,17H2,1H3/t18-/m1/s1. The fourth-order valence-electron chi connectivity index (χ4n) is 4.23. The number of carbonyl (C=O) groups excluding carboxylic acids is 1. The highest BCUT2D eigenvalue weighted by atomic mass is 16.5. The van der Waals surface area contributed by atoms with Crippen molar-refractivity contribution in [1.29, 1.82) is 5.26 Å². The molecule has 0 aromatic heterocycles. The Labute approximate surface area is 172 Å². The number of likely N-dealkylation sites (tertiary alicyclic amines) is 1. The van der Waals surface area contributed by atoms with Crippen LogP contribution in [0.15, 0.2) is 42.5 Å². The van der Waals surface area contributed by atoms with Gasteiger partial charge in [-0.05, 0) is 74.2 Å². The molecular weight excluding hydrogens is 362 g/mol. The summed E-state index contributed by atoms with van der Waals surface area (Å²) in [5.41, 5.74) is 3.53. The van der Waals surface area contributed by atoms with E-state index in [0.29, 0.717) is 18.2 Å². The van der Waals surface area contributed by atoms with Crippen molar-refractivity contribution in [1.82, 2.24) is 9.80 Å². The van der Waals surface area contributed by atoms with E-state index in [-0.39, 0.29) is 5.91 Å². The minimum absolute atomic E-state index is 0.136. The lowest BCUT2D eigenvalue weighted by atomic mass is 9.98. The molecule has 0 N–H and O–H groups in total. The van der Waals surface area contributed by atoms with Crippen molar-refractivity contribution in [2.45, 2.75) is 38.8 Å². The SMILES string of the molecule is C[C@@H]1CCCN1CCN1CCc2cc(OCc3ccc(C#N)cc3)ccc2C1=O. The highest BCUT2D eigenvalue weighted by molar-refractivity contribution is 5.97. The van der Waals surface area contributed by atoms with Crippen LogP contribution >= 0.6 is 0 Å². The summed E-state index contributed by atoms with van der Waals surface area (Å²) in [4.78, 5) is 17.4. The lowest BCUT2D eigenvalue weighted by molar-refractivity contribution is 0.0716. The maximum Gasteiger partial charge on any atom is 0.254 e. The van der Waals surface area contributed by atoms with Crippen molar-refractivity contribution >= 4 is 5.91 Å². The maximum absolute atomic E-state index is 12.9. The highest BCUT2D eigenvalue weighted by Gasteiger charge is 2.26. The number of hydrogen-bond acceptors (Lipinski definition) is 4. The lowest BCUT2D eigenvalue weighted by Crippen LogP contribution is -2.43. The van der Waals surface area contributed by atoms with E-state index in [1.807, 2.05) is 35.2 Å². The predicted octanol–water partition coefficient (Wildman–Crippen LogP) is 3.62. The van der Waals surface area contributed by atoms with Crippen LogP contribution in [0.1, 0.15) is 46.8 Å². The van der Waals surface area contributed by atoms with E-state index in [4.69, 9.17) is 10.00 Å². The minimum Gasteiger partial charge on any atom is -0.489 e. The number of ether oxygens (including phenoxy) is 1. The number of rotatable bonds is 6. The number of fused-ring (bicyclic) bond motifs is 1. The Balaban J connectivity index is 1.35. The van der Waals surface area contributed by atoms with E-state index in [0.717, 1.165) is 55.0 Å². The van der Waals surface area contributed by atoms with Crippen LogP contribution in [0.2, 0.25) is 0 Å². The highest BCUT2D eigenvalue weighted by Crippen LogP contribution is 2.25. The predicted molar refractivity (Wildman–Crippen MR) is 112 cm³/mol. The van der Waals surface area contributed by atoms with Crippen molar-refractivity contribution < 1.29 is 9.53 Å². The quantitative estimate of drug-likeness (QED) is 0.757. The van der Waals surface area contributed by atoms with Crippen molar-refractivity contribution in [2.24, 2.45) is 0 Å². The first-order valence-electron chi connectivity index (χ1n) is 10.4. The molecule has 0 unspecified atom stereocenters. The molecule has 2 heterocycles. The van der Waals surface area contributed by atoms with E-state index < -0.39 is 0 Å². The van der Waals surface area contributed by atoms with Gasteiger partial charge in [-0.25, -0.2) is 0 Å². The summed E-state index contributed by atoms with van der Waals surface area (Å²) in [7, 11) is 0. The number of nitriles is 1. The molecule has 1 saturated heterocycles. The monoisotopic (exact) mass is 389 g/mol. The summed E-state index contributed by atoms with van der Waals surface area (Å²) in [6, 6.07) is 15.9. The Kier molecular flexibility index (Phi) is 5.82. The third kappa shape index (κ3) is 4.44. The Morgan fingerprint density at radius 3 is 2.69 bits per heavy atom. The van der Waals surface area contributed by atoms with Gasteiger partial charge in [0.25, 0.3) is 5.91 Å². The number of carbonyl (C=O) groups is 1. The molecule has 1 fully saturated rings. The number of amides is 1. The molecule has 0 radical (unpaired) electrons. The van der Waals surface area contributed by atoms with Crippen LogP contribution in [0.25, 0.3) is 0 Å². The zero-order valence-corrected chi connectivity index (χ0v) is 16.9. The van der Waals surface area contributed by atoms with Crippen LogP contribution in [-0.2, 0) is 13.0 Å². The van der Waals surface area contributed by atoms with E-state index in [2.05, 4.69) is 17.9 Å². The second-order valence-corrected chi connectivity index (χ2v) is 7.99. The Morgan fingerprint density at radius 1 is 1.14 bits per heavy atom. The molecule has 1 amide bonds. The van der Waals surface area contributed by atoms with Gasteiger partial charge >= 0.3 is 0 Å². The number of nitrogens with zero attached hydrogens (tertiary/aromatic N) is 3. The van der Waals surface area contributed by atoms with Crippen LogP contribution in [0.4, 0.5) is 0 Å². The van der Waals surface area contributed by atoms with Crippen molar-refractivity contribution in [3.05, 3.63) is 64.7 Å². The molecule has 150 valence electrons. The van der Waals surface area contributed by atoms with Gasteiger partial charge in [-0.1, -0.05) is 12.1 Å². The van der Waals surface area contributed by atoms with Gasteiger partial charge in [-0.15, -0.1) is 0 Å². The summed E-state index contributed by atoms with van der Waals surface area (Å²) < 4.78 is 5.91. The molecule has 5 nitrogen and oxygen atoms in total. The maximum atomic E-state index is 12.9. The molecule has 29 heavy (non-hydrogen) atoms. The van der Waals surface area contributed by atoms with Gasteiger partial charge in [0.2, 0.25) is 0 Å². The molecule has 0 saturated carbocycles. The summed E-state index contributed by atoms with van der Waals surface area (Å²) in [6.45, 7) is 6.42. The normalized spacial score (nSPS) is 19.1. The van der Waals surface area contributed by atoms with Crippen LogP contribution in [0, 0.1) is 11.3 Å². The fourth-order valence-corrected chi connectivity index (χ4v) is 4.23. The second kappa shape index (κ2) is 8.67. The largest absolute Gasteiger partial charge is 0.489 e. The molecule has 2 aromatic carbocycles. The summed E-state index contributed by atoms with van der Waals surface area (Å²) in [6.07, 6.45) is 3.40. The summed E-state index contributed by atoms with van der Waals surface area (Å²) in [5.74, 6) is 0.914. The van der Waals surface area contributed by atoms with Crippen molar-refractivity contribution in [3.8, 4) is 11.8 Å². The van der Waals surface area contributed by atoms with Crippen LogP contribution in [0.3, 0.4) is 0 Å². The van der Waals surface area contributed by atoms with Crippen molar-refractivity contribution in [2.75, 3.05) is 26.2 Å². The molecule has 0 aliphatic carbocycles. The molecule has 2 aromatic rings. The van der Waals surface area contributed by atoms with Gasteiger partial charge in [-0.3, -0.25) is 9.69 Å². The lowest BCUT2D eigenvalue weighted by Gasteiger charge is -2.31. The van der Waals surface area contributed by atoms with E-state index in [1.54, 1.807) is 12.1 Å². The Hall–Kier alpha value is -2.84. The van der Waals surface area contributed by atoms with E-state index >= 15 is 0 Å². The molecule has 4 rings (SSSR count). The smallest absolute Gasteiger partial charge is 0.254 e. The van der Waals surface area contributed by atoms with Gasteiger partial charge in [0.1, 0.15) is 12.4 Å². The Morgan fingerprint density at radius 2 is 1.97 bits per heavy atom. The molecule has 1 atom stereocenters. The zero-order chi connectivity index (χ0) is 20.2. The summed E-state index contributed by atoms with van der Waals surface area (Å²) in [5, 5.41) is 8.87. The zero-order valence-electron chi connectivity index (χ0n) is 16.9. The fraction of sp³-hybridized carbons (Fsp3) is 0.417. The van der Waals surface area contributed by atoms with E-state index in [1.165, 1.54) is 12.8 Å². The number of hydrogen-bond donors (Lipinski definition) is 0. The van der Waals surface area contributed by atoms with Crippen LogP contribution in [-0.4, -0.2) is 47.9 Å². The number of benzene rings is 2. The third-order valence-electron chi connectivity index (χ3n) is 6.08. The summed E-state index contributed by atoms with van der Waals surface area (Å²) >= 11 is 0. The van der Waals surface area contributed by atoms with Gasteiger partial charge in [0, 0.05) is 31.2 Å². The van der Waals surface area contributed by atoms with Crippen LogP contribution in [0.5, 0.6) is 5.75 Å². The minimum atomic E-state index is 0.136. The first kappa shape index (κ1) is 19.5. The van der Waals surface area contributed by atoms with Gasteiger partial charge in [-0.2, -0.15) is 5.26 Å². The molecule has 2 aliphatic heterocycles. The van der Waals surface area contributed by atoms with Gasteiger partial charge in [0.05, 0.1) is 11.6 Å². The first-order chi connectivity index (χ1) is 14.1. The molecule has 0 bridgehead atoms. The first-order valence-corrected chi connectivity index (χ1v) is 10.4. The average Bonchev–Trinajstić information content (AvgIpc) is 3.17. The Bertz CT molecular complexity index is 917. The second-order valence-electron chi connectivity index (χ2n) is 7.99. The molecule has 0 spiro atoms. The molecular formula is C24H27N3O2. The average molecular weight is 389 g/mol. The van der Waals surface area contributed by atoms with Gasteiger partial charge in [0.15, 0.2) is 0 Å². The molecule has 5 heteroatoms. The van der Waals surface area contributed by atoms with E-state index in [9.17, 15) is 4.79 Å². The van der Waals surface area contributed by atoms with Gasteiger partial charge < -0.3 is 9.64 Å². The topological polar surface area (TPSA) is 56.6 Å². The third-order valence-corrected chi connectivity index (χ3v) is 6.08. The van der Waals surface area contributed by atoms with Crippen LogP contribution < -0.4 is 4.74 Å². The van der Waals surface area contributed by atoms with Crippen molar-refractivity contribution in [3.63, 3.8) is 0 Å².